The minimum Gasteiger partial charge on any atom is -0.347 e. The van der Waals surface area contributed by atoms with Crippen LogP contribution in [0, 0.1) is 0 Å². The van der Waals surface area contributed by atoms with Gasteiger partial charge in [0.2, 0.25) is 17.6 Å². The number of ketones is 1. The molecule has 2 fully saturated rings. The number of hydrogen-bond donors (Lipinski definition) is 2. The Morgan fingerprint density at radius 3 is 2.22 bits per heavy atom. The summed E-state index contributed by atoms with van der Waals surface area (Å²) >= 11 is 0. The van der Waals surface area contributed by atoms with Crippen molar-refractivity contribution in [3.63, 3.8) is 0 Å². The van der Waals surface area contributed by atoms with Crippen LogP contribution in [0.1, 0.15) is 42.4 Å². The smallest absolute Gasteiger partial charge is 0.347 e. The Morgan fingerprint density at radius 2 is 1.61 bits per heavy atom. The topological polar surface area (TPSA) is 95.6 Å². The van der Waals surface area contributed by atoms with E-state index in [0.29, 0.717) is 5.56 Å². The lowest BCUT2D eigenvalue weighted by atomic mass is 10.0. The van der Waals surface area contributed by atoms with Crippen molar-refractivity contribution < 1.29 is 32.3 Å². The highest BCUT2D eigenvalue weighted by Crippen LogP contribution is 2.30. The second kappa shape index (κ2) is 10.5. The first kappa shape index (κ1) is 25.4. The molecule has 0 bridgehead atoms. The van der Waals surface area contributed by atoms with Crippen molar-refractivity contribution in [1.82, 2.24) is 15.5 Å². The molecular weight excluding hydrogens is 475 g/mol. The van der Waals surface area contributed by atoms with E-state index < -0.39 is 41.4 Å². The average molecular weight is 502 g/mol. The maximum absolute atomic E-state index is 13.2. The van der Waals surface area contributed by atoms with Crippen LogP contribution in [0.3, 0.4) is 0 Å². The van der Waals surface area contributed by atoms with E-state index >= 15 is 0 Å². The lowest BCUT2D eigenvalue weighted by Gasteiger charge is -2.26. The number of likely N-dealkylation sites (tertiary alicyclic amines) is 1. The van der Waals surface area contributed by atoms with Crippen molar-refractivity contribution in [3.05, 3.63) is 71.3 Å². The molecule has 1 unspecified atom stereocenters. The molecule has 2 aliphatic rings. The number of carbonyl (C=O) groups excluding carboxylic acids is 4. The minimum atomic E-state index is -4.48. The lowest BCUT2D eigenvalue weighted by molar-refractivity contribution is -0.141. The number of rotatable bonds is 9. The fourth-order valence-corrected chi connectivity index (χ4v) is 4.17. The third-order valence-corrected chi connectivity index (χ3v) is 6.32. The zero-order valence-electron chi connectivity index (χ0n) is 19.4. The first-order valence-corrected chi connectivity index (χ1v) is 11.8. The highest BCUT2D eigenvalue weighted by Gasteiger charge is 2.39. The van der Waals surface area contributed by atoms with Gasteiger partial charge in [-0.2, -0.15) is 13.2 Å². The van der Waals surface area contributed by atoms with Crippen LogP contribution in [0.15, 0.2) is 54.6 Å². The van der Waals surface area contributed by atoms with E-state index in [9.17, 15) is 32.3 Å². The van der Waals surface area contributed by atoms with Gasteiger partial charge in [0.05, 0.1) is 5.56 Å². The van der Waals surface area contributed by atoms with Gasteiger partial charge in [-0.25, -0.2) is 0 Å². The molecular formula is C26H26F3N3O4. The van der Waals surface area contributed by atoms with Crippen molar-refractivity contribution in [2.75, 3.05) is 0 Å². The average Bonchev–Trinajstić information content (AvgIpc) is 3.59. The molecule has 1 aliphatic heterocycles. The van der Waals surface area contributed by atoms with Crippen LogP contribution >= 0.6 is 0 Å². The second-order valence-electron chi connectivity index (χ2n) is 9.13. The summed E-state index contributed by atoms with van der Waals surface area (Å²) in [5.74, 6) is -2.42. The van der Waals surface area contributed by atoms with Crippen LogP contribution in [-0.4, -0.2) is 46.5 Å². The van der Waals surface area contributed by atoms with Gasteiger partial charge in [-0.05, 0) is 42.5 Å². The number of benzene rings is 2. The number of carbonyl (C=O) groups is 4. The molecule has 0 radical (unpaired) electrons. The number of alkyl halides is 3. The molecule has 1 saturated carbocycles. The van der Waals surface area contributed by atoms with Gasteiger partial charge in [0.1, 0.15) is 12.1 Å². The monoisotopic (exact) mass is 501 g/mol. The Kier molecular flexibility index (Phi) is 7.42. The van der Waals surface area contributed by atoms with Gasteiger partial charge in [-0.1, -0.05) is 42.5 Å². The summed E-state index contributed by atoms with van der Waals surface area (Å²) in [6, 6.07) is 11.3. The fourth-order valence-electron chi connectivity index (χ4n) is 4.17. The number of nitrogens with one attached hydrogen (secondary N) is 2. The maximum atomic E-state index is 13.2. The Labute approximate surface area is 206 Å². The summed E-state index contributed by atoms with van der Waals surface area (Å²) in [5.41, 5.74) is 0.385. The molecule has 0 spiro atoms. The molecule has 3 amide bonds. The van der Waals surface area contributed by atoms with Crippen LogP contribution in [-0.2, 0) is 38.3 Å². The molecule has 36 heavy (non-hydrogen) atoms. The van der Waals surface area contributed by atoms with Crippen LogP contribution in [0.25, 0.3) is 0 Å². The van der Waals surface area contributed by atoms with Crippen molar-refractivity contribution in [2.24, 2.45) is 0 Å². The molecule has 2 atom stereocenters. The van der Waals surface area contributed by atoms with Gasteiger partial charge in [0.25, 0.3) is 5.91 Å². The van der Waals surface area contributed by atoms with E-state index in [1.807, 2.05) is 6.07 Å². The molecule has 1 aliphatic carbocycles. The number of Topliss-reactive ketones (excluding diaryl/α,β-unsaturated/α-hetero) is 1. The summed E-state index contributed by atoms with van der Waals surface area (Å²) in [4.78, 5) is 52.3. The summed E-state index contributed by atoms with van der Waals surface area (Å²) in [6.07, 6.45) is -2.47. The zero-order valence-corrected chi connectivity index (χ0v) is 19.4. The van der Waals surface area contributed by atoms with Crippen LogP contribution in [0.5, 0.6) is 0 Å². The predicted octanol–water partition coefficient (Wildman–Crippen LogP) is 2.77. The van der Waals surface area contributed by atoms with Gasteiger partial charge in [-0.15, -0.1) is 0 Å². The van der Waals surface area contributed by atoms with Gasteiger partial charge in [-0.3, -0.25) is 19.2 Å². The first-order chi connectivity index (χ1) is 17.1. The first-order valence-electron chi connectivity index (χ1n) is 11.8. The molecule has 4 rings (SSSR count). The summed E-state index contributed by atoms with van der Waals surface area (Å²) < 4.78 is 38.6. The SMILES string of the molecule is O=C(NC1CC1)C(=O)C(Cc1ccccc1)NC(=O)[C@H]1CCC(=O)N1Cc1ccc(C(F)(F)F)cc1. The van der Waals surface area contributed by atoms with Crippen molar-refractivity contribution in [1.29, 1.82) is 0 Å². The Balaban J connectivity index is 1.47. The maximum Gasteiger partial charge on any atom is 0.416 e. The minimum absolute atomic E-state index is 0.0267. The van der Waals surface area contributed by atoms with Gasteiger partial charge in [0.15, 0.2) is 0 Å². The van der Waals surface area contributed by atoms with Crippen LogP contribution < -0.4 is 10.6 Å². The lowest BCUT2D eigenvalue weighted by Crippen LogP contribution is -2.53. The van der Waals surface area contributed by atoms with Gasteiger partial charge >= 0.3 is 6.18 Å². The Hall–Kier alpha value is -3.69. The molecule has 190 valence electrons. The summed E-state index contributed by atoms with van der Waals surface area (Å²) in [5, 5.41) is 5.30. The standard InChI is InChI=1S/C26H26F3N3O4/c27-26(28,29)18-8-6-17(7-9-18)15-32-21(12-13-22(32)33)24(35)31-20(14-16-4-2-1-3-5-16)23(34)25(36)30-19-10-11-19/h1-9,19-21H,10-15H2,(H,30,36)(H,31,35)/t20?,21-/m1/s1. The Morgan fingerprint density at radius 1 is 0.944 bits per heavy atom. The van der Waals surface area contributed by atoms with E-state index in [-0.39, 0.29) is 37.8 Å². The molecule has 10 heteroatoms. The fraction of sp³-hybridized carbons (Fsp3) is 0.385. The summed E-state index contributed by atoms with van der Waals surface area (Å²) in [7, 11) is 0. The second-order valence-corrected chi connectivity index (χ2v) is 9.13. The molecule has 1 saturated heterocycles. The highest BCUT2D eigenvalue weighted by atomic mass is 19.4. The third-order valence-electron chi connectivity index (χ3n) is 6.32. The van der Waals surface area contributed by atoms with Crippen LogP contribution in [0.2, 0.25) is 0 Å². The third kappa shape index (κ3) is 6.30. The van der Waals surface area contributed by atoms with Gasteiger partial charge < -0.3 is 15.5 Å². The van der Waals surface area contributed by atoms with E-state index in [2.05, 4.69) is 10.6 Å². The van der Waals surface area contributed by atoms with E-state index in [4.69, 9.17) is 0 Å². The quantitative estimate of drug-likeness (QED) is 0.517. The van der Waals surface area contributed by atoms with Gasteiger partial charge in [0, 0.05) is 25.4 Å². The molecule has 0 aromatic heterocycles. The van der Waals surface area contributed by atoms with Crippen molar-refractivity contribution in [3.8, 4) is 0 Å². The number of nitrogens with zero attached hydrogens (tertiary/aromatic N) is 1. The normalized spacial score (nSPS) is 18.6. The molecule has 2 aromatic carbocycles. The van der Waals surface area contributed by atoms with E-state index in [1.54, 1.807) is 24.3 Å². The highest BCUT2D eigenvalue weighted by molar-refractivity contribution is 6.38. The molecule has 7 nitrogen and oxygen atoms in total. The van der Waals surface area contributed by atoms with Crippen molar-refractivity contribution >= 4 is 23.5 Å². The van der Waals surface area contributed by atoms with E-state index in [0.717, 1.165) is 30.5 Å². The van der Waals surface area contributed by atoms with E-state index in [1.165, 1.54) is 17.0 Å². The molecule has 2 aromatic rings. The van der Waals surface area contributed by atoms with Crippen LogP contribution in [0.4, 0.5) is 13.2 Å². The molecule has 2 N–H and O–H groups in total. The Bertz CT molecular complexity index is 1130. The largest absolute Gasteiger partial charge is 0.416 e. The molecule has 1 heterocycles. The number of amides is 3. The zero-order chi connectivity index (χ0) is 25.9. The number of hydrogen-bond acceptors (Lipinski definition) is 4. The predicted molar refractivity (Wildman–Crippen MR) is 123 cm³/mol. The van der Waals surface area contributed by atoms with Crippen molar-refractivity contribution in [2.45, 2.75) is 63.0 Å². The summed E-state index contributed by atoms with van der Waals surface area (Å²) in [6.45, 7) is -0.0471. The number of halogens is 3.